The lowest BCUT2D eigenvalue weighted by molar-refractivity contribution is 0.568. The summed E-state index contributed by atoms with van der Waals surface area (Å²) in [6.07, 6.45) is 0.0105. The molecule has 0 fully saturated rings. The van der Waals surface area contributed by atoms with Crippen molar-refractivity contribution in [1.29, 1.82) is 0 Å². The Balaban J connectivity index is 2.22. The van der Waals surface area contributed by atoms with Gasteiger partial charge >= 0.3 is 0 Å². The van der Waals surface area contributed by atoms with Gasteiger partial charge in [-0.3, -0.25) is 0 Å². The number of halogens is 5. The predicted octanol–water partition coefficient (Wildman–Crippen LogP) is 4.77. The Kier molecular flexibility index (Phi) is 4.10. The van der Waals surface area contributed by atoms with E-state index in [4.69, 9.17) is 11.6 Å². The Hall–Kier alpha value is -1.55. The Morgan fingerprint density at radius 1 is 0.842 bits per heavy atom. The fraction of sp³-hybridized carbons (Fsp3) is 0.143. The summed E-state index contributed by atoms with van der Waals surface area (Å²) in [5.41, 5.74) is 0.397. The molecular weight excluding hydrogens is 280 g/mol. The minimum atomic E-state index is -0.801. The molecule has 1 unspecified atom stereocenters. The first kappa shape index (κ1) is 13.9. The monoisotopic (exact) mass is 288 g/mol. The van der Waals surface area contributed by atoms with Crippen molar-refractivity contribution in [3.05, 3.63) is 70.8 Å². The van der Waals surface area contributed by atoms with Crippen LogP contribution in [-0.2, 0) is 6.42 Å². The Bertz CT molecular complexity index is 578. The quantitative estimate of drug-likeness (QED) is 0.564. The van der Waals surface area contributed by atoms with Crippen molar-refractivity contribution < 1.29 is 17.6 Å². The first-order chi connectivity index (χ1) is 8.95. The van der Waals surface area contributed by atoms with Crippen LogP contribution in [0.1, 0.15) is 16.5 Å². The smallest absolute Gasteiger partial charge is 0.129 e. The highest BCUT2D eigenvalue weighted by Gasteiger charge is 2.14. The summed E-state index contributed by atoms with van der Waals surface area (Å²) in [5.74, 6) is -2.92. The van der Waals surface area contributed by atoms with Crippen LogP contribution in [0.5, 0.6) is 0 Å². The van der Waals surface area contributed by atoms with E-state index in [0.29, 0.717) is 0 Å². The van der Waals surface area contributed by atoms with Gasteiger partial charge in [0.05, 0.1) is 5.38 Å². The molecule has 2 rings (SSSR count). The van der Waals surface area contributed by atoms with Crippen molar-refractivity contribution >= 4 is 11.6 Å². The van der Waals surface area contributed by atoms with Gasteiger partial charge in [-0.1, -0.05) is 6.07 Å². The molecule has 0 radical (unpaired) electrons. The zero-order valence-corrected chi connectivity index (χ0v) is 10.4. The van der Waals surface area contributed by atoms with E-state index in [0.717, 1.165) is 30.3 Å². The highest BCUT2D eigenvalue weighted by Crippen LogP contribution is 2.27. The molecule has 0 amide bonds. The molecular formula is C14H9ClF4. The summed E-state index contributed by atoms with van der Waals surface area (Å²) in [5, 5.41) is -0.801. The van der Waals surface area contributed by atoms with Crippen molar-refractivity contribution in [3.8, 4) is 0 Å². The summed E-state index contributed by atoms with van der Waals surface area (Å²) >= 11 is 6.00. The molecule has 2 aromatic carbocycles. The van der Waals surface area contributed by atoms with Gasteiger partial charge in [0.15, 0.2) is 0 Å². The van der Waals surface area contributed by atoms with E-state index in [2.05, 4.69) is 0 Å². The topological polar surface area (TPSA) is 0 Å². The zero-order valence-electron chi connectivity index (χ0n) is 9.64. The minimum Gasteiger partial charge on any atom is -0.207 e. The summed E-state index contributed by atoms with van der Waals surface area (Å²) in [4.78, 5) is 0. The highest BCUT2D eigenvalue weighted by molar-refractivity contribution is 6.20. The molecule has 0 N–H and O–H groups in total. The van der Waals surface area contributed by atoms with Gasteiger partial charge in [-0.2, -0.15) is 0 Å². The van der Waals surface area contributed by atoms with Gasteiger partial charge in [0.2, 0.25) is 0 Å². The number of benzene rings is 2. The molecule has 0 aliphatic carbocycles. The van der Waals surface area contributed by atoms with E-state index in [-0.39, 0.29) is 17.5 Å². The van der Waals surface area contributed by atoms with Crippen molar-refractivity contribution in [1.82, 2.24) is 0 Å². The number of rotatable bonds is 3. The van der Waals surface area contributed by atoms with Crippen LogP contribution < -0.4 is 0 Å². The fourth-order valence-electron chi connectivity index (χ4n) is 1.75. The zero-order chi connectivity index (χ0) is 14.0. The second-order valence-electron chi connectivity index (χ2n) is 4.11. The molecule has 0 spiro atoms. The van der Waals surface area contributed by atoms with Crippen LogP contribution in [0.4, 0.5) is 17.6 Å². The summed E-state index contributed by atoms with van der Waals surface area (Å²) in [7, 11) is 0. The molecule has 0 aliphatic rings. The number of hydrogen-bond donors (Lipinski definition) is 0. The van der Waals surface area contributed by atoms with E-state index in [1.807, 2.05) is 0 Å². The molecule has 0 heterocycles. The molecule has 0 saturated carbocycles. The molecule has 2 aromatic rings. The third kappa shape index (κ3) is 3.47. The molecule has 0 nitrogen and oxygen atoms in total. The molecule has 0 saturated heterocycles. The van der Waals surface area contributed by atoms with Crippen LogP contribution in [0, 0.1) is 23.3 Å². The van der Waals surface area contributed by atoms with Gasteiger partial charge in [-0.05, 0) is 35.7 Å². The van der Waals surface area contributed by atoms with Crippen LogP contribution >= 0.6 is 11.6 Å². The van der Waals surface area contributed by atoms with Crippen molar-refractivity contribution in [2.45, 2.75) is 11.8 Å². The number of alkyl halides is 1. The standard InChI is InChI=1S/C14H9ClF4/c15-13(9-3-11(17)6-12(18)4-9)5-8-1-2-10(16)7-14(8)19/h1-4,6-7,13H,5H2. The van der Waals surface area contributed by atoms with E-state index in [1.54, 1.807) is 0 Å². The van der Waals surface area contributed by atoms with Crippen molar-refractivity contribution in [2.24, 2.45) is 0 Å². The lowest BCUT2D eigenvalue weighted by Gasteiger charge is -2.11. The highest BCUT2D eigenvalue weighted by atomic mass is 35.5. The third-order valence-corrected chi connectivity index (χ3v) is 3.07. The van der Waals surface area contributed by atoms with Crippen LogP contribution in [0.2, 0.25) is 0 Å². The minimum absolute atomic E-state index is 0.0105. The molecule has 0 bridgehead atoms. The second-order valence-corrected chi connectivity index (χ2v) is 4.64. The first-order valence-corrected chi connectivity index (χ1v) is 5.93. The van der Waals surface area contributed by atoms with Gasteiger partial charge in [-0.25, -0.2) is 17.6 Å². The molecule has 0 aliphatic heterocycles. The summed E-state index contributed by atoms with van der Waals surface area (Å²) in [6, 6.07) is 6.00. The second kappa shape index (κ2) is 5.61. The van der Waals surface area contributed by atoms with Crippen molar-refractivity contribution in [3.63, 3.8) is 0 Å². The van der Waals surface area contributed by atoms with Crippen LogP contribution in [-0.4, -0.2) is 0 Å². The van der Waals surface area contributed by atoms with E-state index >= 15 is 0 Å². The average molecular weight is 289 g/mol. The van der Waals surface area contributed by atoms with Crippen LogP contribution in [0.25, 0.3) is 0 Å². The summed E-state index contributed by atoms with van der Waals surface area (Å²) < 4.78 is 52.3. The molecule has 100 valence electrons. The molecule has 0 aromatic heterocycles. The van der Waals surface area contributed by atoms with Gasteiger partial charge in [0.1, 0.15) is 23.3 Å². The maximum absolute atomic E-state index is 13.4. The lowest BCUT2D eigenvalue weighted by Crippen LogP contribution is -2.00. The average Bonchev–Trinajstić information content (AvgIpc) is 2.31. The first-order valence-electron chi connectivity index (χ1n) is 5.49. The third-order valence-electron chi connectivity index (χ3n) is 2.66. The lowest BCUT2D eigenvalue weighted by atomic mass is 10.0. The Morgan fingerprint density at radius 3 is 2.05 bits per heavy atom. The number of hydrogen-bond acceptors (Lipinski definition) is 0. The maximum atomic E-state index is 13.4. The molecule has 1 atom stereocenters. The largest absolute Gasteiger partial charge is 0.207 e. The van der Waals surface area contributed by atoms with E-state index in [9.17, 15) is 17.6 Å². The molecule has 19 heavy (non-hydrogen) atoms. The van der Waals surface area contributed by atoms with Crippen molar-refractivity contribution in [2.75, 3.05) is 0 Å². The van der Waals surface area contributed by atoms with Gasteiger partial charge < -0.3 is 0 Å². The van der Waals surface area contributed by atoms with Gasteiger partial charge in [-0.15, -0.1) is 11.6 Å². The van der Waals surface area contributed by atoms with Crippen LogP contribution in [0.15, 0.2) is 36.4 Å². The van der Waals surface area contributed by atoms with E-state index in [1.165, 1.54) is 6.07 Å². The molecule has 5 heteroatoms. The predicted molar refractivity (Wildman–Crippen MR) is 65.0 cm³/mol. The van der Waals surface area contributed by atoms with E-state index < -0.39 is 28.6 Å². The summed E-state index contributed by atoms with van der Waals surface area (Å²) in [6.45, 7) is 0. The van der Waals surface area contributed by atoms with Gasteiger partial charge in [0, 0.05) is 12.1 Å². The normalized spacial score (nSPS) is 12.5. The van der Waals surface area contributed by atoms with Crippen LogP contribution in [0.3, 0.4) is 0 Å². The Labute approximate surface area is 112 Å². The fourth-order valence-corrected chi connectivity index (χ4v) is 2.05. The Morgan fingerprint density at radius 2 is 1.47 bits per heavy atom. The SMILES string of the molecule is Fc1cc(F)cc(C(Cl)Cc2ccc(F)cc2F)c1. The van der Waals surface area contributed by atoms with Gasteiger partial charge in [0.25, 0.3) is 0 Å². The maximum Gasteiger partial charge on any atom is 0.129 e.